The number of alkyl halides is 2. The van der Waals surface area contributed by atoms with Crippen LogP contribution in [0.25, 0.3) is 0 Å². The third-order valence-corrected chi connectivity index (χ3v) is 3.03. The summed E-state index contributed by atoms with van der Waals surface area (Å²) < 4.78 is 33.8. The number of halogens is 2. The Balaban J connectivity index is 1.78. The summed E-state index contributed by atoms with van der Waals surface area (Å²) in [6.45, 7) is 0.781. The molecule has 0 spiro atoms. The Kier molecular flexibility index (Phi) is 6.35. The molecule has 0 saturated carbocycles. The normalized spacial score (nSPS) is 16.8. The molecule has 1 heterocycles. The van der Waals surface area contributed by atoms with E-state index in [1.165, 1.54) is 12.1 Å². The van der Waals surface area contributed by atoms with Gasteiger partial charge in [0, 0.05) is 13.1 Å². The van der Waals surface area contributed by atoms with Gasteiger partial charge < -0.3 is 20.0 Å². The van der Waals surface area contributed by atoms with Crippen molar-refractivity contribution in [3.8, 4) is 5.75 Å². The van der Waals surface area contributed by atoms with Crippen LogP contribution in [0, 0.1) is 0 Å². The van der Waals surface area contributed by atoms with Crippen LogP contribution in [0.1, 0.15) is 5.56 Å². The summed E-state index contributed by atoms with van der Waals surface area (Å²) in [5.41, 5.74) is 6.45. The summed E-state index contributed by atoms with van der Waals surface area (Å²) in [6.07, 6.45) is 0. The van der Waals surface area contributed by atoms with Crippen LogP contribution in [0.4, 0.5) is 8.78 Å². The highest BCUT2D eigenvalue weighted by molar-refractivity contribution is 5.81. The standard InChI is InChI=1S/C14H19F2N3O3/c15-14(16)22-12-3-1-2-11(8-12)10-21-18-13(17)9-19-4-6-20-7-5-19/h1-3,8,14H,4-7,9-10H2,(H2,17,18). The van der Waals surface area contributed by atoms with E-state index >= 15 is 0 Å². The van der Waals surface area contributed by atoms with Gasteiger partial charge in [0.15, 0.2) is 5.84 Å². The number of nitrogens with two attached hydrogens (primary N) is 1. The van der Waals surface area contributed by atoms with Gasteiger partial charge in [0.1, 0.15) is 12.4 Å². The second-order valence-electron chi connectivity index (χ2n) is 4.77. The Morgan fingerprint density at radius 1 is 1.36 bits per heavy atom. The number of nitrogens with zero attached hydrogens (tertiary/aromatic N) is 2. The molecule has 0 aliphatic carbocycles. The molecule has 6 nitrogen and oxygen atoms in total. The van der Waals surface area contributed by atoms with Crippen molar-refractivity contribution in [3.63, 3.8) is 0 Å². The number of benzene rings is 1. The summed E-state index contributed by atoms with van der Waals surface area (Å²) >= 11 is 0. The first-order chi connectivity index (χ1) is 10.6. The summed E-state index contributed by atoms with van der Waals surface area (Å²) in [5, 5.41) is 3.83. The summed E-state index contributed by atoms with van der Waals surface area (Å²) in [7, 11) is 0. The average molecular weight is 315 g/mol. The Bertz CT molecular complexity index is 494. The molecule has 0 aromatic heterocycles. The van der Waals surface area contributed by atoms with E-state index in [2.05, 4.69) is 14.8 Å². The largest absolute Gasteiger partial charge is 0.435 e. The topological polar surface area (TPSA) is 69.3 Å². The Morgan fingerprint density at radius 2 is 2.14 bits per heavy atom. The molecule has 1 aromatic carbocycles. The van der Waals surface area contributed by atoms with E-state index in [-0.39, 0.29) is 12.4 Å². The highest BCUT2D eigenvalue weighted by atomic mass is 19.3. The lowest BCUT2D eigenvalue weighted by molar-refractivity contribution is -0.0499. The van der Waals surface area contributed by atoms with Crippen molar-refractivity contribution in [1.82, 2.24) is 4.90 Å². The first-order valence-electron chi connectivity index (χ1n) is 6.91. The maximum atomic E-state index is 12.1. The van der Waals surface area contributed by atoms with Gasteiger partial charge in [-0.15, -0.1) is 0 Å². The molecular formula is C14H19F2N3O3. The molecule has 22 heavy (non-hydrogen) atoms. The number of morpholine rings is 1. The highest BCUT2D eigenvalue weighted by Crippen LogP contribution is 2.16. The highest BCUT2D eigenvalue weighted by Gasteiger charge is 2.11. The summed E-state index contributed by atoms with van der Waals surface area (Å²) in [4.78, 5) is 7.26. The molecule has 0 unspecified atom stereocenters. The lowest BCUT2D eigenvalue weighted by Crippen LogP contribution is -2.41. The molecule has 2 N–H and O–H groups in total. The predicted molar refractivity (Wildman–Crippen MR) is 76.7 cm³/mol. The zero-order valence-corrected chi connectivity index (χ0v) is 12.1. The molecule has 0 amide bonds. The van der Waals surface area contributed by atoms with Crippen molar-refractivity contribution >= 4 is 5.84 Å². The van der Waals surface area contributed by atoms with Crippen molar-refractivity contribution in [2.24, 2.45) is 10.9 Å². The third kappa shape index (κ3) is 5.82. The van der Waals surface area contributed by atoms with Crippen LogP contribution >= 0.6 is 0 Å². The van der Waals surface area contributed by atoms with E-state index < -0.39 is 6.61 Å². The number of rotatable bonds is 7. The fourth-order valence-corrected chi connectivity index (χ4v) is 2.02. The summed E-state index contributed by atoms with van der Waals surface area (Å²) in [6, 6.07) is 6.26. The van der Waals surface area contributed by atoms with Gasteiger partial charge in [-0.2, -0.15) is 8.78 Å². The number of hydrogen-bond donors (Lipinski definition) is 1. The van der Waals surface area contributed by atoms with Crippen LogP contribution in [-0.4, -0.2) is 50.2 Å². The van der Waals surface area contributed by atoms with Crippen molar-refractivity contribution in [2.75, 3.05) is 32.8 Å². The smallest absolute Gasteiger partial charge is 0.387 e. The fraction of sp³-hybridized carbons (Fsp3) is 0.500. The zero-order valence-electron chi connectivity index (χ0n) is 12.1. The van der Waals surface area contributed by atoms with Crippen LogP contribution in [0.15, 0.2) is 29.4 Å². The first kappa shape index (κ1) is 16.4. The van der Waals surface area contributed by atoms with Gasteiger partial charge in [0.25, 0.3) is 0 Å². The quantitative estimate of drug-likeness (QED) is 0.468. The van der Waals surface area contributed by atoms with E-state index in [4.69, 9.17) is 15.3 Å². The number of oxime groups is 1. The number of amidine groups is 1. The zero-order chi connectivity index (χ0) is 15.8. The monoisotopic (exact) mass is 315 g/mol. The first-order valence-corrected chi connectivity index (χ1v) is 6.91. The number of hydrogen-bond acceptors (Lipinski definition) is 5. The summed E-state index contributed by atoms with van der Waals surface area (Å²) in [5.74, 6) is 0.447. The van der Waals surface area contributed by atoms with Gasteiger partial charge in [-0.3, -0.25) is 4.90 Å². The van der Waals surface area contributed by atoms with Crippen molar-refractivity contribution in [3.05, 3.63) is 29.8 Å². The second kappa shape index (κ2) is 8.50. The van der Waals surface area contributed by atoms with Gasteiger partial charge in [-0.25, -0.2) is 0 Å². The van der Waals surface area contributed by atoms with E-state index in [0.717, 1.165) is 13.1 Å². The van der Waals surface area contributed by atoms with E-state index in [1.807, 2.05) is 0 Å². The molecule has 1 aliphatic heterocycles. The minimum atomic E-state index is -2.85. The molecule has 0 radical (unpaired) electrons. The molecule has 1 saturated heterocycles. The van der Waals surface area contributed by atoms with Gasteiger partial charge in [-0.05, 0) is 17.7 Å². The van der Waals surface area contributed by atoms with Crippen LogP contribution < -0.4 is 10.5 Å². The van der Waals surface area contributed by atoms with Crippen molar-refractivity contribution < 1.29 is 23.1 Å². The van der Waals surface area contributed by atoms with Gasteiger partial charge in [0.05, 0.1) is 19.8 Å². The molecule has 1 aromatic rings. The Morgan fingerprint density at radius 3 is 2.86 bits per heavy atom. The minimum absolute atomic E-state index is 0.0846. The lowest BCUT2D eigenvalue weighted by Gasteiger charge is -2.25. The molecular weight excluding hydrogens is 296 g/mol. The molecule has 0 bridgehead atoms. The molecule has 1 fully saturated rings. The molecule has 122 valence electrons. The van der Waals surface area contributed by atoms with E-state index in [0.29, 0.717) is 31.2 Å². The van der Waals surface area contributed by atoms with Gasteiger partial charge >= 0.3 is 6.61 Å². The Hall–Kier alpha value is -1.93. The molecule has 1 aliphatic rings. The maximum absolute atomic E-state index is 12.1. The Labute approximate surface area is 127 Å². The van der Waals surface area contributed by atoms with Crippen LogP contribution in [0.2, 0.25) is 0 Å². The van der Waals surface area contributed by atoms with Crippen LogP contribution in [0.5, 0.6) is 5.75 Å². The molecule has 8 heteroatoms. The predicted octanol–water partition coefficient (Wildman–Crippen LogP) is 1.41. The SMILES string of the molecule is NC(CN1CCOCC1)=NOCc1cccc(OC(F)F)c1. The van der Waals surface area contributed by atoms with Gasteiger partial charge in [-0.1, -0.05) is 17.3 Å². The minimum Gasteiger partial charge on any atom is -0.435 e. The maximum Gasteiger partial charge on any atom is 0.387 e. The van der Waals surface area contributed by atoms with E-state index in [9.17, 15) is 8.78 Å². The van der Waals surface area contributed by atoms with Crippen molar-refractivity contribution in [1.29, 1.82) is 0 Å². The number of ether oxygens (including phenoxy) is 2. The van der Waals surface area contributed by atoms with Crippen molar-refractivity contribution in [2.45, 2.75) is 13.2 Å². The second-order valence-corrected chi connectivity index (χ2v) is 4.77. The lowest BCUT2D eigenvalue weighted by atomic mass is 10.2. The molecule has 2 rings (SSSR count). The average Bonchev–Trinajstić information content (AvgIpc) is 2.48. The van der Waals surface area contributed by atoms with Crippen LogP contribution in [-0.2, 0) is 16.2 Å². The van der Waals surface area contributed by atoms with E-state index in [1.54, 1.807) is 12.1 Å². The molecule has 0 atom stereocenters. The van der Waals surface area contributed by atoms with Gasteiger partial charge in [0.2, 0.25) is 0 Å². The van der Waals surface area contributed by atoms with Crippen LogP contribution in [0.3, 0.4) is 0 Å². The fourth-order valence-electron chi connectivity index (χ4n) is 2.02. The third-order valence-electron chi connectivity index (χ3n) is 3.03.